The molecule has 0 saturated carbocycles. The summed E-state index contributed by atoms with van der Waals surface area (Å²) in [6.07, 6.45) is 3.34. The highest BCUT2D eigenvalue weighted by molar-refractivity contribution is 7.88. The van der Waals surface area contributed by atoms with Crippen LogP contribution in [0.3, 0.4) is 0 Å². The van der Waals surface area contributed by atoms with E-state index in [0.29, 0.717) is 18.7 Å². The predicted octanol–water partition coefficient (Wildman–Crippen LogP) is 4.02. The number of aromatic nitrogens is 1. The summed E-state index contributed by atoms with van der Waals surface area (Å²) in [5, 5.41) is 3.79. The number of aryl methyl sites for hydroxylation is 1. The maximum Gasteiger partial charge on any atom is 0.242 e. The molecule has 2 aromatic carbocycles. The molecule has 3 aromatic rings. The van der Waals surface area contributed by atoms with E-state index >= 15 is 0 Å². The van der Waals surface area contributed by atoms with Crippen molar-refractivity contribution in [3.63, 3.8) is 0 Å². The fourth-order valence-electron chi connectivity index (χ4n) is 3.64. The largest absolute Gasteiger partial charge is 0.325 e. The normalized spacial score (nSPS) is 18.1. The van der Waals surface area contributed by atoms with E-state index in [-0.39, 0.29) is 5.91 Å². The average Bonchev–Trinajstić information content (AvgIpc) is 3.11. The second-order valence-corrected chi connectivity index (χ2v) is 10.4. The Morgan fingerprint density at radius 3 is 2.66 bits per heavy atom. The molecular formula is C21H23N3O3S2. The molecule has 1 N–H and O–H groups in total. The molecule has 0 spiro atoms. The SMILES string of the molecule is Cc1ccc2nc(-c3ccc(NC(=O)[C@@H]4CCCCN4S(C)(=O)=O)cc3)sc2c1. The van der Waals surface area contributed by atoms with Crippen LogP contribution in [0.2, 0.25) is 0 Å². The number of fused-ring (bicyclic) bond motifs is 1. The minimum Gasteiger partial charge on any atom is -0.325 e. The van der Waals surface area contributed by atoms with E-state index in [4.69, 9.17) is 0 Å². The number of anilines is 1. The molecule has 4 rings (SSSR count). The first-order valence-electron chi connectivity index (χ1n) is 9.56. The summed E-state index contributed by atoms with van der Waals surface area (Å²) >= 11 is 1.64. The monoisotopic (exact) mass is 429 g/mol. The standard InChI is InChI=1S/C21H23N3O3S2/c1-14-6-11-17-19(13-14)28-21(23-17)15-7-9-16(10-8-15)22-20(25)18-5-3-4-12-24(18)29(2,26)27/h6-11,13,18H,3-5,12H2,1-2H3,(H,22,25)/t18-/m0/s1. The molecule has 1 atom stereocenters. The van der Waals surface area contributed by atoms with E-state index in [1.54, 1.807) is 11.3 Å². The first kappa shape index (κ1) is 20.0. The van der Waals surface area contributed by atoms with Crippen LogP contribution in [0.1, 0.15) is 24.8 Å². The number of rotatable bonds is 4. The summed E-state index contributed by atoms with van der Waals surface area (Å²) in [6.45, 7) is 2.46. The minimum absolute atomic E-state index is 0.279. The van der Waals surface area contributed by atoms with E-state index in [1.165, 1.54) is 9.87 Å². The number of carbonyl (C=O) groups excluding carboxylic acids is 1. The topological polar surface area (TPSA) is 79.4 Å². The Balaban J connectivity index is 1.50. The third-order valence-corrected chi connectivity index (χ3v) is 7.48. The molecule has 0 unspecified atom stereocenters. The van der Waals surface area contributed by atoms with Gasteiger partial charge in [0.05, 0.1) is 16.5 Å². The quantitative estimate of drug-likeness (QED) is 0.679. The number of benzene rings is 2. The number of sulfonamides is 1. The summed E-state index contributed by atoms with van der Waals surface area (Å²) in [7, 11) is -3.41. The molecule has 0 radical (unpaired) electrons. The van der Waals surface area contributed by atoms with Crippen molar-refractivity contribution in [2.75, 3.05) is 18.1 Å². The zero-order valence-electron chi connectivity index (χ0n) is 16.4. The molecule has 0 bridgehead atoms. The van der Waals surface area contributed by atoms with Crippen molar-refractivity contribution < 1.29 is 13.2 Å². The lowest BCUT2D eigenvalue weighted by atomic mass is 10.0. The second-order valence-electron chi connectivity index (χ2n) is 7.44. The van der Waals surface area contributed by atoms with Gasteiger partial charge in [0.15, 0.2) is 0 Å². The van der Waals surface area contributed by atoms with Crippen molar-refractivity contribution >= 4 is 43.2 Å². The van der Waals surface area contributed by atoms with Crippen molar-refractivity contribution in [3.05, 3.63) is 48.0 Å². The molecule has 29 heavy (non-hydrogen) atoms. The van der Waals surface area contributed by atoms with Gasteiger partial charge in [0.1, 0.15) is 11.0 Å². The van der Waals surface area contributed by atoms with Gasteiger partial charge in [0.2, 0.25) is 15.9 Å². The molecular weight excluding hydrogens is 406 g/mol. The number of carbonyl (C=O) groups is 1. The molecule has 1 aliphatic rings. The van der Waals surface area contributed by atoms with Gasteiger partial charge in [-0.15, -0.1) is 11.3 Å². The molecule has 1 amide bonds. The number of nitrogens with zero attached hydrogens (tertiary/aromatic N) is 2. The van der Waals surface area contributed by atoms with Crippen LogP contribution >= 0.6 is 11.3 Å². The fraction of sp³-hybridized carbons (Fsp3) is 0.333. The predicted molar refractivity (Wildman–Crippen MR) is 118 cm³/mol. The number of thiazole rings is 1. The summed E-state index contributed by atoms with van der Waals surface area (Å²) < 4.78 is 26.4. The molecule has 1 fully saturated rings. The van der Waals surface area contributed by atoms with E-state index in [9.17, 15) is 13.2 Å². The van der Waals surface area contributed by atoms with Gasteiger partial charge >= 0.3 is 0 Å². The van der Waals surface area contributed by atoms with Gasteiger partial charge in [0.25, 0.3) is 0 Å². The van der Waals surface area contributed by atoms with E-state index in [2.05, 4.69) is 29.4 Å². The maximum atomic E-state index is 12.7. The van der Waals surface area contributed by atoms with Crippen LogP contribution in [0.4, 0.5) is 5.69 Å². The van der Waals surface area contributed by atoms with Gasteiger partial charge in [-0.25, -0.2) is 13.4 Å². The highest BCUT2D eigenvalue weighted by Gasteiger charge is 2.34. The van der Waals surface area contributed by atoms with Crippen LogP contribution in [0.25, 0.3) is 20.8 Å². The first-order valence-corrected chi connectivity index (χ1v) is 12.2. The molecule has 1 aromatic heterocycles. The third kappa shape index (κ3) is 4.34. The Labute approximate surface area is 174 Å². The summed E-state index contributed by atoms with van der Waals surface area (Å²) in [6, 6.07) is 13.1. The minimum atomic E-state index is -3.41. The number of hydrogen-bond donors (Lipinski definition) is 1. The highest BCUT2D eigenvalue weighted by atomic mass is 32.2. The highest BCUT2D eigenvalue weighted by Crippen LogP contribution is 2.31. The summed E-state index contributed by atoms with van der Waals surface area (Å²) in [5.74, 6) is -0.279. The van der Waals surface area contributed by atoms with Crippen LogP contribution < -0.4 is 5.32 Å². The number of nitrogens with one attached hydrogen (secondary N) is 1. The Bertz CT molecular complexity index is 1150. The van der Waals surface area contributed by atoms with Gasteiger partial charge in [-0.2, -0.15) is 4.31 Å². The third-order valence-electron chi connectivity index (χ3n) is 5.13. The lowest BCUT2D eigenvalue weighted by molar-refractivity contribution is -0.120. The van der Waals surface area contributed by atoms with Crippen molar-refractivity contribution in [3.8, 4) is 10.6 Å². The molecule has 1 saturated heterocycles. The average molecular weight is 430 g/mol. The van der Waals surface area contributed by atoms with Gasteiger partial charge < -0.3 is 5.32 Å². The van der Waals surface area contributed by atoms with Gasteiger partial charge in [-0.1, -0.05) is 12.5 Å². The molecule has 0 aliphatic carbocycles. The van der Waals surface area contributed by atoms with Crippen LogP contribution in [-0.4, -0.2) is 42.5 Å². The van der Waals surface area contributed by atoms with Gasteiger partial charge in [-0.05, 0) is 61.7 Å². The lowest BCUT2D eigenvalue weighted by Gasteiger charge is -2.32. The van der Waals surface area contributed by atoms with Gasteiger partial charge in [-0.3, -0.25) is 4.79 Å². The Morgan fingerprint density at radius 1 is 1.17 bits per heavy atom. The van der Waals surface area contributed by atoms with Crippen LogP contribution in [-0.2, 0) is 14.8 Å². The first-order chi connectivity index (χ1) is 13.8. The molecule has 2 heterocycles. The molecule has 8 heteroatoms. The van der Waals surface area contributed by atoms with Crippen molar-refractivity contribution in [2.24, 2.45) is 0 Å². The smallest absolute Gasteiger partial charge is 0.242 e. The van der Waals surface area contributed by atoms with E-state index in [1.807, 2.05) is 30.3 Å². The zero-order valence-corrected chi connectivity index (χ0v) is 18.0. The van der Waals surface area contributed by atoms with Crippen molar-refractivity contribution in [1.29, 1.82) is 0 Å². The fourth-order valence-corrected chi connectivity index (χ4v) is 5.83. The summed E-state index contributed by atoms with van der Waals surface area (Å²) in [5.41, 5.74) is 3.81. The molecule has 6 nitrogen and oxygen atoms in total. The number of hydrogen-bond acceptors (Lipinski definition) is 5. The maximum absolute atomic E-state index is 12.7. The van der Waals surface area contributed by atoms with E-state index in [0.717, 1.165) is 39.9 Å². The lowest BCUT2D eigenvalue weighted by Crippen LogP contribution is -2.49. The second kappa shape index (κ2) is 7.85. The van der Waals surface area contributed by atoms with Gasteiger partial charge in [0, 0.05) is 17.8 Å². The summed E-state index contributed by atoms with van der Waals surface area (Å²) in [4.78, 5) is 17.4. The number of piperidine rings is 1. The zero-order chi connectivity index (χ0) is 20.6. The molecule has 152 valence electrons. The van der Waals surface area contributed by atoms with Crippen LogP contribution in [0.15, 0.2) is 42.5 Å². The number of amides is 1. The Hall–Kier alpha value is -2.29. The molecule has 1 aliphatic heterocycles. The van der Waals surface area contributed by atoms with Crippen molar-refractivity contribution in [1.82, 2.24) is 9.29 Å². The Morgan fingerprint density at radius 2 is 1.93 bits per heavy atom. The van der Waals surface area contributed by atoms with Crippen molar-refractivity contribution in [2.45, 2.75) is 32.2 Å². The Kier molecular flexibility index (Phi) is 5.42. The van der Waals surface area contributed by atoms with E-state index < -0.39 is 16.1 Å². The van der Waals surface area contributed by atoms with Crippen LogP contribution in [0, 0.1) is 6.92 Å². The van der Waals surface area contributed by atoms with Crippen LogP contribution in [0.5, 0.6) is 0 Å².